The molecule has 0 spiro atoms. The van der Waals surface area contributed by atoms with Gasteiger partial charge < -0.3 is 4.79 Å². The molecule has 5 fully saturated rings. The Bertz CT molecular complexity index is 898. The van der Waals surface area contributed by atoms with Gasteiger partial charge in [0.2, 0.25) is 18.7 Å². The standard InChI is InChI=1S/C7H7N11O11.C3H6O/c19-1-8-2-4-11(16(24)25)5-3(8)10(15(22)23)7(13(5)18(28)29)6(9(2)14(20)21)12(4)17(26)27;1-3(2)4/h1-7H;1-2H3/t2-,3+,4+,5-,6+,7-;. The number of hydrogen-bond acceptors (Lipinski definition) is 12. The zero-order valence-corrected chi connectivity index (χ0v) is 16.4. The molecule has 5 aliphatic rings. The first-order chi connectivity index (χ1) is 15.3. The minimum atomic E-state index is -2.31. The third-order valence-electron chi connectivity index (χ3n) is 5.19. The fourth-order valence-electron chi connectivity index (χ4n) is 4.46. The van der Waals surface area contributed by atoms with Crippen molar-refractivity contribution < 1.29 is 34.8 Å². The van der Waals surface area contributed by atoms with Crippen molar-refractivity contribution in [1.29, 1.82) is 0 Å². The Morgan fingerprint density at radius 1 is 0.576 bits per heavy atom. The van der Waals surface area contributed by atoms with Gasteiger partial charge in [0.15, 0.2) is 25.2 Å². The highest BCUT2D eigenvalue weighted by Crippen LogP contribution is 2.50. The van der Waals surface area contributed by atoms with Crippen LogP contribution in [0.2, 0.25) is 0 Å². The second kappa shape index (κ2) is 7.38. The molecule has 0 aromatic heterocycles. The molecule has 5 saturated heterocycles. The van der Waals surface area contributed by atoms with Crippen molar-refractivity contribution in [3.05, 3.63) is 50.6 Å². The number of Topliss-reactive ketones (excluding diaryl/α,β-unsaturated/α-hetero) is 1. The molecule has 33 heavy (non-hydrogen) atoms. The summed E-state index contributed by atoms with van der Waals surface area (Å²) in [6, 6.07) is 0. The molecule has 23 nitrogen and oxygen atoms in total. The molecular weight excluding hydrogens is 466 g/mol. The van der Waals surface area contributed by atoms with Crippen LogP contribution < -0.4 is 0 Å². The summed E-state index contributed by atoms with van der Waals surface area (Å²) >= 11 is 0. The second-order valence-electron chi connectivity index (χ2n) is 7.03. The van der Waals surface area contributed by atoms with Gasteiger partial charge in [-0.15, -0.1) is 0 Å². The van der Waals surface area contributed by atoms with E-state index in [-0.39, 0.29) is 37.2 Å². The highest BCUT2D eigenvalue weighted by molar-refractivity contribution is 5.72. The van der Waals surface area contributed by atoms with Crippen LogP contribution in [0.3, 0.4) is 0 Å². The molecule has 0 N–H and O–H groups in total. The average molecular weight is 479 g/mol. The van der Waals surface area contributed by atoms with Crippen molar-refractivity contribution in [1.82, 2.24) is 29.9 Å². The molecule has 5 rings (SSSR count). The normalized spacial score (nSPS) is 30.6. The van der Waals surface area contributed by atoms with Gasteiger partial charge in [0.05, 0.1) is 0 Å². The van der Waals surface area contributed by atoms with Gasteiger partial charge in [0.25, 0.3) is 24.7 Å². The molecule has 0 aliphatic carbocycles. The molecule has 0 unspecified atom stereocenters. The van der Waals surface area contributed by atoms with Gasteiger partial charge in [-0.05, 0) is 13.8 Å². The third-order valence-corrected chi connectivity index (χ3v) is 5.19. The Kier molecular flexibility index (Phi) is 5.10. The van der Waals surface area contributed by atoms with E-state index in [0.717, 1.165) is 0 Å². The summed E-state index contributed by atoms with van der Waals surface area (Å²) in [5.74, 6) is 0.167. The van der Waals surface area contributed by atoms with Crippen molar-refractivity contribution in [3.8, 4) is 0 Å². The van der Waals surface area contributed by atoms with E-state index < -0.39 is 62.2 Å². The molecule has 0 aromatic rings. The van der Waals surface area contributed by atoms with Crippen molar-refractivity contribution in [2.75, 3.05) is 0 Å². The number of rotatable bonds is 6. The van der Waals surface area contributed by atoms with E-state index in [2.05, 4.69) is 0 Å². The number of hydrazine groups is 5. The number of piperazine rings is 1. The fraction of sp³-hybridized carbons (Fsp3) is 0.800. The number of carbonyl (C=O) groups excluding carboxylic acids is 2. The maximum atomic E-state index is 11.7. The average Bonchev–Trinajstić information content (AvgIpc) is 3.10. The monoisotopic (exact) mass is 479 g/mol. The van der Waals surface area contributed by atoms with Crippen molar-refractivity contribution in [2.45, 2.75) is 50.8 Å². The SMILES string of the molecule is CC(C)=O.O=CN1[C@H]2[C@H]3N([N+](=O)[O-])[C@H]4[C@@H]1N([N+](=O)[O-])[C@@H]([C@H](N3[N+](=O)[O-])N2[N+](=O)[O-])N4[N+](=O)[O-]. The van der Waals surface area contributed by atoms with E-state index in [1.165, 1.54) is 13.8 Å². The van der Waals surface area contributed by atoms with E-state index in [1.54, 1.807) is 0 Å². The lowest BCUT2D eigenvalue weighted by atomic mass is 10.1. The Morgan fingerprint density at radius 3 is 0.939 bits per heavy atom. The Hall–Kier alpha value is -4.86. The van der Waals surface area contributed by atoms with E-state index in [4.69, 9.17) is 0 Å². The Morgan fingerprint density at radius 2 is 0.758 bits per heavy atom. The maximum absolute atomic E-state index is 11.7. The summed E-state index contributed by atoms with van der Waals surface area (Å²) in [5.41, 5.74) is 0. The van der Waals surface area contributed by atoms with Crippen LogP contribution in [0.15, 0.2) is 0 Å². The summed E-state index contributed by atoms with van der Waals surface area (Å²) in [4.78, 5) is 79.7. The van der Waals surface area contributed by atoms with Crippen LogP contribution in [0.25, 0.3) is 0 Å². The van der Waals surface area contributed by atoms with Gasteiger partial charge in [0, 0.05) is 0 Å². The lowest BCUT2D eigenvalue weighted by Gasteiger charge is -2.43. The first kappa shape index (κ1) is 22.8. The van der Waals surface area contributed by atoms with Crippen molar-refractivity contribution >= 4 is 12.2 Å². The van der Waals surface area contributed by atoms with E-state index in [9.17, 15) is 60.2 Å². The topological polar surface area (TPSA) is 269 Å². The minimum absolute atomic E-state index is 0.00537. The van der Waals surface area contributed by atoms with Gasteiger partial charge >= 0.3 is 0 Å². The molecule has 180 valence electrons. The molecular formula is C10H13N11O12. The van der Waals surface area contributed by atoms with Gasteiger partial charge in [-0.25, -0.2) is 50.6 Å². The summed E-state index contributed by atoms with van der Waals surface area (Å²) < 4.78 is 0. The summed E-state index contributed by atoms with van der Waals surface area (Å²) in [6.07, 6.45) is -13.0. The Labute approximate surface area is 179 Å². The van der Waals surface area contributed by atoms with Crippen LogP contribution in [0.1, 0.15) is 13.8 Å². The zero-order valence-electron chi connectivity index (χ0n) is 16.4. The number of ketones is 1. The first-order valence-electron chi connectivity index (χ1n) is 8.62. The molecule has 5 aliphatic heterocycles. The van der Waals surface area contributed by atoms with Crippen LogP contribution in [-0.2, 0) is 9.59 Å². The molecule has 0 saturated carbocycles. The van der Waals surface area contributed by atoms with Gasteiger partial charge in [-0.1, -0.05) is 25.0 Å². The summed E-state index contributed by atoms with van der Waals surface area (Å²) in [7, 11) is 0. The number of carbonyl (C=O) groups is 2. The number of nitrogens with zero attached hydrogens (tertiary/aromatic N) is 11. The van der Waals surface area contributed by atoms with E-state index >= 15 is 0 Å². The molecule has 6 atom stereocenters. The van der Waals surface area contributed by atoms with Crippen LogP contribution in [0.5, 0.6) is 0 Å². The minimum Gasteiger partial charge on any atom is -0.300 e. The highest BCUT2D eigenvalue weighted by Gasteiger charge is 2.87. The van der Waals surface area contributed by atoms with Gasteiger partial charge in [-0.3, -0.25) is 9.69 Å². The predicted octanol–water partition coefficient (Wildman–Crippen LogP) is -3.48. The number of nitro groups is 5. The summed E-state index contributed by atoms with van der Waals surface area (Å²) in [6.45, 7) is 3.06. The van der Waals surface area contributed by atoms with Crippen molar-refractivity contribution in [2.24, 2.45) is 0 Å². The zero-order chi connectivity index (χ0) is 25.1. The molecule has 0 radical (unpaired) electrons. The van der Waals surface area contributed by atoms with Crippen molar-refractivity contribution in [3.63, 3.8) is 0 Å². The van der Waals surface area contributed by atoms with Crippen LogP contribution >= 0.6 is 0 Å². The largest absolute Gasteiger partial charge is 0.300 e. The summed E-state index contributed by atoms with van der Waals surface area (Å²) in [5, 5.41) is 51.7. The van der Waals surface area contributed by atoms with Crippen LogP contribution in [-0.4, -0.2) is 104 Å². The number of hydrogen-bond donors (Lipinski definition) is 0. The van der Waals surface area contributed by atoms with Gasteiger partial charge in [-0.2, -0.15) is 0 Å². The predicted molar refractivity (Wildman–Crippen MR) is 91.2 cm³/mol. The van der Waals surface area contributed by atoms with E-state index in [0.29, 0.717) is 4.90 Å². The van der Waals surface area contributed by atoms with E-state index in [1.807, 2.05) is 0 Å². The quantitative estimate of drug-likeness (QED) is 0.203. The lowest BCUT2D eigenvalue weighted by molar-refractivity contribution is -0.755. The first-order valence-corrected chi connectivity index (χ1v) is 8.62. The molecule has 0 aromatic carbocycles. The Balaban J connectivity index is 0.000000709. The van der Waals surface area contributed by atoms with Gasteiger partial charge in [0.1, 0.15) is 5.78 Å². The third kappa shape index (κ3) is 2.88. The van der Waals surface area contributed by atoms with Crippen LogP contribution in [0, 0.1) is 50.6 Å². The second-order valence-corrected chi connectivity index (χ2v) is 7.03. The smallest absolute Gasteiger partial charge is 0.272 e. The fourth-order valence-corrected chi connectivity index (χ4v) is 4.46. The maximum Gasteiger partial charge on any atom is 0.272 e. The molecule has 5 heterocycles. The van der Waals surface area contributed by atoms with Crippen LogP contribution in [0.4, 0.5) is 0 Å². The lowest BCUT2D eigenvalue weighted by Crippen LogP contribution is -2.75. The highest BCUT2D eigenvalue weighted by atomic mass is 16.7. The number of amides is 1. The molecule has 23 heteroatoms. The molecule has 6 bridgehead atoms. The molecule has 1 amide bonds.